The van der Waals surface area contributed by atoms with Crippen molar-refractivity contribution in [2.75, 3.05) is 22.9 Å². The van der Waals surface area contributed by atoms with Crippen LogP contribution in [0.15, 0.2) is 101 Å². The van der Waals surface area contributed by atoms with E-state index < -0.39 is 82.6 Å². The number of nitrogens with zero attached hydrogens (tertiary/aromatic N) is 4. The lowest BCUT2D eigenvalue weighted by Gasteiger charge is -2.12. The Hall–Kier alpha value is -5.08. The van der Waals surface area contributed by atoms with E-state index >= 15 is 0 Å². The molecule has 0 saturated carbocycles. The maximum absolute atomic E-state index is 12.4. The third-order valence-electron chi connectivity index (χ3n) is 6.20. The summed E-state index contributed by atoms with van der Waals surface area (Å²) in [6.45, 7) is 0. The van der Waals surface area contributed by atoms with Crippen LogP contribution in [0.3, 0.4) is 0 Å². The average Bonchev–Trinajstić information content (AvgIpc) is 2.94. The number of azo groups is 2. The van der Waals surface area contributed by atoms with Gasteiger partial charge >= 0.3 is 0 Å². The van der Waals surface area contributed by atoms with E-state index in [2.05, 4.69) is 20.5 Å². The minimum absolute atomic E-state index is 0.178. The summed E-state index contributed by atoms with van der Waals surface area (Å²) in [6, 6.07) is 9.33. The standard InChI is InChI=1S/C24H22N8O12S4/c25-15-7-17(27)23(47(39,40)41)9-19(15)31-29-11-1-3-13(21(5-11)45(33,34)35)14-4-2-12(6-22(14)46(36,37)38)30-32-20-10-24(48(42,43)44)18(28)8-16(20)26/h1-10H,25-28H2,(H,33,34,35)(H,36,37,38)(H,39,40,41)(H,42,43,44). The molecule has 48 heavy (non-hydrogen) atoms. The Labute approximate surface area is 271 Å². The molecular weight excluding hydrogens is 721 g/mol. The van der Waals surface area contributed by atoms with Gasteiger partial charge in [0.1, 0.15) is 31.0 Å². The predicted molar refractivity (Wildman–Crippen MR) is 170 cm³/mol. The predicted octanol–water partition coefficient (Wildman–Crippen LogP) is 3.50. The van der Waals surface area contributed by atoms with Gasteiger partial charge in [0, 0.05) is 11.1 Å². The summed E-state index contributed by atoms with van der Waals surface area (Å²) in [7, 11) is -19.8. The van der Waals surface area contributed by atoms with Gasteiger partial charge in [-0.25, -0.2) is 0 Å². The molecule has 0 fully saturated rings. The van der Waals surface area contributed by atoms with Crippen molar-refractivity contribution < 1.29 is 51.9 Å². The second kappa shape index (κ2) is 12.5. The van der Waals surface area contributed by atoms with E-state index in [1.807, 2.05) is 0 Å². The highest BCUT2D eigenvalue weighted by atomic mass is 32.2. The van der Waals surface area contributed by atoms with Crippen molar-refractivity contribution in [2.24, 2.45) is 20.5 Å². The number of benzene rings is 4. The van der Waals surface area contributed by atoms with Crippen LogP contribution in [0.4, 0.5) is 45.5 Å². The first kappa shape index (κ1) is 35.8. The highest BCUT2D eigenvalue weighted by molar-refractivity contribution is 7.86. The van der Waals surface area contributed by atoms with E-state index in [1.54, 1.807) is 0 Å². The maximum atomic E-state index is 12.4. The van der Waals surface area contributed by atoms with Crippen LogP contribution in [-0.2, 0) is 40.5 Å². The summed E-state index contributed by atoms with van der Waals surface area (Å²) in [5, 5.41) is 15.0. The van der Waals surface area contributed by atoms with Crippen molar-refractivity contribution in [2.45, 2.75) is 19.6 Å². The first-order chi connectivity index (χ1) is 22.0. The van der Waals surface area contributed by atoms with Gasteiger partial charge in [0.05, 0.1) is 34.1 Å². The molecule has 0 heterocycles. The van der Waals surface area contributed by atoms with E-state index in [0.717, 1.165) is 60.7 Å². The lowest BCUT2D eigenvalue weighted by atomic mass is 10.0. The molecule has 0 aromatic heterocycles. The highest BCUT2D eigenvalue weighted by Gasteiger charge is 2.25. The number of nitrogen functional groups attached to an aromatic ring is 4. The van der Waals surface area contributed by atoms with Crippen LogP contribution < -0.4 is 22.9 Å². The van der Waals surface area contributed by atoms with E-state index in [-0.39, 0.29) is 34.1 Å². The zero-order chi connectivity index (χ0) is 36.0. The number of anilines is 4. The van der Waals surface area contributed by atoms with E-state index in [0.29, 0.717) is 0 Å². The van der Waals surface area contributed by atoms with Crippen molar-refractivity contribution in [3.05, 3.63) is 60.7 Å². The molecule has 0 aliphatic rings. The van der Waals surface area contributed by atoms with Crippen LogP contribution in [0.25, 0.3) is 11.1 Å². The molecule has 0 atom stereocenters. The molecule has 4 aromatic rings. The van der Waals surface area contributed by atoms with Crippen LogP contribution in [0.2, 0.25) is 0 Å². The van der Waals surface area contributed by atoms with Gasteiger partial charge < -0.3 is 22.9 Å². The van der Waals surface area contributed by atoms with Crippen LogP contribution in [0.5, 0.6) is 0 Å². The largest absolute Gasteiger partial charge is 0.398 e. The Bertz CT molecular complexity index is 2330. The molecule has 0 unspecified atom stereocenters. The first-order valence-electron chi connectivity index (χ1n) is 12.4. The monoisotopic (exact) mass is 742 g/mol. The fraction of sp³-hybridized carbons (Fsp3) is 0. The summed E-state index contributed by atoms with van der Waals surface area (Å²) in [5.41, 5.74) is 19.4. The number of nitrogens with two attached hydrogens (primary N) is 4. The Kier molecular flexibility index (Phi) is 9.32. The SMILES string of the molecule is Nc1cc(N)c(S(=O)(=O)O)cc1N=Nc1ccc(-c2ccc(N=Nc3cc(S(=O)(=O)O)c(N)cc3N)cc2S(=O)(=O)O)c(S(=O)(=O)O)c1. The Morgan fingerprint density at radius 1 is 0.396 bits per heavy atom. The topological polar surface area (TPSA) is 371 Å². The Balaban J connectivity index is 1.81. The maximum Gasteiger partial charge on any atom is 0.296 e. The van der Waals surface area contributed by atoms with Gasteiger partial charge in [-0.15, -0.1) is 10.2 Å². The number of hydrogen-bond acceptors (Lipinski definition) is 16. The molecule has 4 rings (SSSR count). The van der Waals surface area contributed by atoms with Crippen LogP contribution in [-0.4, -0.2) is 51.9 Å². The van der Waals surface area contributed by atoms with Crippen molar-refractivity contribution in [1.82, 2.24) is 0 Å². The van der Waals surface area contributed by atoms with Crippen LogP contribution >= 0.6 is 0 Å². The molecule has 4 aromatic carbocycles. The fourth-order valence-corrected chi connectivity index (χ4v) is 6.75. The molecule has 0 aliphatic carbocycles. The number of hydrogen-bond donors (Lipinski definition) is 8. The van der Waals surface area contributed by atoms with E-state index in [9.17, 15) is 51.9 Å². The van der Waals surface area contributed by atoms with Crippen LogP contribution in [0.1, 0.15) is 0 Å². The van der Waals surface area contributed by atoms with E-state index in [4.69, 9.17) is 22.9 Å². The Morgan fingerprint density at radius 3 is 1.00 bits per heavy atom. The van der Waals surface area contributed by atoms with Crippen LogP contribution in [0, 0.1) is 0 Å². The molecule has 254 valence electrons. The molecule has 20 nitrogen and oxygen atoms in total. The molecule has 0 radical (unpaired) electrons. The summed E-state index contributed by atoms with van der Waals surface area (Å²) >= 11 is 0. The minimum Gasteiger partial charge on any atom is -0.398 e. The fourth-order valence-electron chi connectivity index (χ4n) is 4.07. The molecular formula is C24H22N8O12S4. The summed E-state index contributed by atoms with van der Waals surface area (Å²) in [4.78, 5) is -3.29. The van der Waals surface area contributed by atoms with Gasteiger partial charge in [0.15, 0.2) is 0 Å². The lowest BCUT2D eigenvalue weighted by molar-refractivity contribution is 0.480. The highest BCUT2D eigenvalue weighted by Crippen LogP contribution is 2.39. The van der Waals surface area contributed by atoms with Crippen molar-refractivity contribution in [3.8, 4) is 11.1 Å². The van der Waals surface area contributed by atoms with Gasteiger partial charge in [-0.05, 0) is 48.5 Å². The second-order valence-corrected chi connectivity index (χ2v) is 15.1. The summed E-state index contributed by atoms with van der Waals surface area (Å²) < 4.78 is 134. The molecule has 12 N–H and O–H groups in total. The molecule has 0 amide bonds. The molecule has 0 spiro atoms. The van der Waals surface area contributed by atoms with Crippen molar-refractivity contribution in [3.63, 3.8) is 0 Å². The summed E-state index contributed by atoms with van der Waals surface area (Å²) in [5.74, 6) is 0. The number of rotatable bonds is 9. The van der Waals surface area contributed by atoms with Crippen molar-refractivity contribution >= 4 is 86.0 Å². The van der Waals surface area contributed by atoms with Gasteiger partial charge in [0.25, 0.3) is 40.5 Å². The zero-order valence-corrected chi connectivity index (χ0v) is 26.8. The molecule has 0 aliphatic heterocycles. The van der Waals surface area contributed by atoms with Gasteiger partial charge in [-0.1, -0.05) is 12.1 Å². The minimum atomic E-state index is -5.14. The normalized spacial score (nSPS) is 13.0. The molecule has 0 bridgehead atoms. The third-order valence-corrected chi connectivity index (χ3v) is 9.80. The van der Waals surface area contributed by atoms with Gasteiger partial charge in [-0.3, -0.25) is 18.2 Å². The zero-order valence-electron chi connectivity index (χ0n) is 23.6. The van der Waals surface area contributed by atoms with Gasteiger partial charge in [-0.2, -0.15) is 43.9 Å². The smallest absolute Gasteiger partial charge is 0.296 e. The Morgan fingerprint density at radius 2 is 0.708 bits per heavy atom. The first-order valence-corrected chi connectivity index (χ1v) is 18.1. The second-order valence-electron chi connectivity index (χ2n) is 9.56. The van der Waals surface area contributed by atoms with Crippen molar-refractivity contribution in [1.29, 1.82) is 0 Å². The molecule has 24 heteroatoms. The third kappa shape index (κ3) is 7.89. The van der Waals surface area contributed by atoms with E-state index in [1.165, 1.54) is 0 Å². The quantitative estimate of drug-likeness (QED) is 0.0690. The summed E-state index contributed by atoms with van der Waals surface area (Å²) in [6.07, 6.45) is 0. The average molecular weight is 743 g/mol. The lowest BCUT2D eigenvalue weighted by Crippen LogP contribution is -2.05. The van der Waals surface area contributed by atoms with Gasteiger partial charge in [0.2, 0.25) is 0 Å². The molecule has 0 saturated heterocycles.